The number of esters is 1. The molecule has 0 atom stereocenters. The second-order valence-corrected chi connectivity index (χ2v) is 3.42. The van der Waals surface area contributed by atoms with E-state index < -0.39 is 11.8 Å². The highest BCUT2D eigenvalue weighted by Gasteiger charge is 2.14. The number of aromatic nitrogens is 2. The molecular formula is C11H10FN3O2. The number of ether oxygens (including phenoxy) is 1. The molecule has 0 radical (unpaired) electrons. The van der Waals surface area contributed by atoms with Crippen LogP contribution in [0.4, 0.5) is 10.2 Å². The van der Waals surface area contributed by atoms with Gasteiger partial charge in [0.25, 0.3) is 0 Å². The Morgan fingerprint density at radius 3 is 2.82 bits per heavy atom. The van der Waals surface area contributed by atoms with Crippen LogP contribution in [0.1, 0.15) is 10.5 Å². The van der Waals surface area contributed by atoms with Crippen molar-refractivity contribution in [2.45, 2.75) is 0 Å². The Morgan fingerprint density at radius 1 is 1.47 bits per heavy atom. The summed E-state index contributed by atoms with van der Waals surface area (Å²) in [6, 6.07) is 6.72. The molecule has 6 heteroatoms. The number of aryl methyl sites for hydroxylation is 1. The van der Waals surface area contributed by atoms with Crippen molar-refractivity contribution in [3.05, 3.63) is 41.8 Å². The number of benzene rings is 1. The summed E-state index contributed by atoms with van der Waals surface area (Å²) in [4.78, 5) is 11.7. The van der Waals surface area contributed by atoms with Gasteiger partial charge in [0.1, 0.15) is 23.1 Å². The number of rotatable bonds is 2. The number of anilines is 1. The molecule has 0 amide bonds. The van der Waals surface area contributed by atoms with Gasteiger partial charge in [0.2, 0.25) is 0 Å². The van der Waals surface area contributed by atoms with Gasteiger partial charge in [-0.05, 0) is 12.1 Å². The molecule has 2 aromatic rings. The van der Waals surface area contributed by atoms with Crippen LogP contribution in [0.5, 0.6) is 5.75 Å². The summed E-state index contributed by atoms with van der Waals surface area (Å²) in [5.74, 6) is -0.754. The van der Waals surface area contributed by atoms with E-state index in [1.807, 2.05) is 0 Å². The van der Waals surface area contributed by atoms with Crippen LogP contribution in [0, 0.1) is 5.82 Å². The minimum Gasteiger partial charge on any atom is -0.422 e. The monoisotopic (exact) mass is 235 g/mol. The second-order valence-electron chi connectivity index (χ2n) is 3.42. The van der Waals surface area contributed by atoms with Gasteiger partial charge >= 0.3 is 5.97 Å². The lowest BCUT2D eigenvalue weighted by Gasteiger charge is -2.03. The molecule has 0 spiro atoms. The van der Waals surface area contributed by atoms with Crippen LogP contribution in [0.2, 0.25) is 0 Å². The predicted octanol–water partition coefficient (Wildman–Crippen LogP) is 1.36. The predicted molar refractivity (Wildman–Crippen MR) is 59.0 cm³/mol. The number of hydrogen-bond donors (Lipinski definition) is 1. The third kappa shape index (κ3) is 2.41. The van der Waals surface area contributed by atoms with Gasteiger partial charge < -0.3 is 10.5 Å². The molecule has 1 aromatic carbocycles. The smallest absolute Gasteiger partial charge is 0.362 e. The summed E-state index contributed by atoms with van der Waals surface area (Å²) in [7, 11) is 1.57. The first-order valence-corrected chi connectivity index (χ1v) is 4.83. The van der Waals surface area contributed by atoms with Gasteiger partial charge in [-0.25, -0.2) is 9.18 Å². The van der Waals surface area contributed by atoms with E-state index in [0.717, 1.165) is 6.07 Å². The van der Waals surface area contributed by atoms with Gasteiger partial charge in [0, 0.05) is 19.2 Å². The Bertz CT molecular complexity index is 566. The van der Waals surface area contributed by atoms with E-state index in [0.29, 0.717) is 0 Å². The van der Waals surface area contributed by atoms with Gasteiger partial charge in [-0.3, -0.25) is 4.68 Å². The molecule has 0 saturated heterocycles. The van der Waals surface area contributed by atoms with E-state index in [2.05, 4.69) is 5.10 Å². The van der Waals surface area contributed by atoms with E-state index in [1.165, 1.54) is 28.9 Å². The van der Waals surface area contributed by atoms with Crippen molar-refractivity contribution in [3.63, 3.8) is 0 Å². The first kappa shape index (κ1) is 11.1. The number of nitrogens with two attached hydrogens (primary N) is 1. The Kier molecular flexibility index (Phi) is 2.78. The van der Waals surface area contributed by atoms with Gasteiger partial charge in [0.15, 0.2) is 0 Å². The highest BCUT2D eigenvalue weighted by Crippen LogP contribution is 2.14. The average Bonchev–Trinajstić information content (AvgIpc) is 2.58. The van der Waals surface area contributed by atoms with Crippen LogP contribution in [0.15, 0.2) is 30.3 Å². The zero-order chi connectivity index (χ0) is 12.4. The minimum absolute atomic E-state index is 0.134. The summed E-state index contributed by atoms with van der Waals surface area (Å²) >= 11 is 0. The summed E-state index contributed by atoms with van der Waals surface area (Å²) in [5.41, 5.74) is 5.64. The van der Waals surface area contributed by atoms with Gasteiger partial charge in [0.05, 0.1) is 0 Å². The normalized spacial score (nSPS) is 10.2. The van der Waals surface area contributed by atoms with Crippen LogP contribution in [0.3, 0.4) is 0 Å². The molecule has 2 N–H and O–H groups in total. The Hall–Kier alpha value is -2.37. The molecule has 5 nitrogen and oxygen atoms in total. The molecule has 0 saturated carbocycles. The number of hydrogen-bond acceptors (Lipinski definition) is 4. The maximum Gasteiger partial charge on any atom is 0.362 e. The van der Waals surface area contributed by atoms with Crippen LogP contribution < -0.4 is 10.5 Å². The van der Waals surface area contributed by atoms with Crippen molar-refractivity contribution in [1.29, 1.82) is 0 Å². The van der Waals surface area contributed by atoms with Crippen LogP contribution in [-0.4, -0.2) is 15.7 Å². The summed E-state index contributed by atoms with van der Waals surface area (Å²) < 4.78 is 19.2. The standard InChI is InChI=1S/C11H10FN3O2/c1-15-9(6-10(13)14-15)11(16)17-8-4-2-3-7(12)5-8/h2-6H,1H3,(H2,13,14). The third-order valence-electron chi connectivity index (χ3n) is 2.11. The molecule has 0 aliphatic heterocycles. The molecule has 2 rings (SSSR count). The fraction of sp³-hybridized carbons (Fsp3) is 0.0909. The van der Waals surface area contributed by atoms with E-state index in [-0.39, 0.29) is 17.3 Å². The van der Waals surface area contributed by atoms with Crippen molar-refractivity contribution in [2.24, 2.45) is 7.05 Å². The van der Waals surface area contributed by atoms with Crippen molar-refractivity contribution in [2.75, 3.05) is 5.73 Å². The van der Waals surface area contributed by atoms with Crippen molar-refractivity contribution in [1.82, 2.24) is 9.78 Å². The maximum atomic E-state index is 12.9. The van der Waals surface area contributed by atoms with E-state index >= 15 is 0 Å². The fourth-order valence-corrected chi connectivity index (χ4v) is 1.37. The van der Waals surface area contributed by atoms with E-state index in [9.17, 15) is 9.18 Å². The molecule has 17 heavy (non-hydrogen) atoms. The molecule has 1 aromatic heterocycles. The minimum atomic E-state index is -0.637. The van der Waals surface area contributed by atoms with E-state index in [4.69, 9.17) is 10.5 Å². The number of nitrogens with zero attached hydrogens (tertiary/aromatic N) is 2. The molecule has 0 fully saturated rings. The third-order valence-corrected chi connectivity index (χ3v) is 2.11. The molecule has 1 heterocycles. The topological polar surface area (TPSA) is 70.1 Å². The molecule has 0 unspecified atom stereocenters. The lowest BCUT2D eigenvalue weighted by molar-refractivity contribution is 0.0723. The zero-order valence-corrected chi connectivity index (χ0v) is 9.05. The van der Waals surface area contributed by atoms with Gasteiger partial charge in [-0.15, -0.1) is 0 Å². The second kappa shape index (κ2) is 4.25. The largest absolute Gasteiger partial charge is 0.422 e. The lowest BCUT2D eigenvalue weighted by Crippen LogP contribution is -2.13. The van der Waals surface area contributed by atoms with Gasteiger partial charge in [-0.2, -0.15) is 5.10 Å². The van der Waals surface area contributed by atoms with Crippen molar-refractivity contribution in [3.8, 4) is 5.75 Å². The molecular weight excluding hydrogens is 225 g/mol. The SMILES string of the molecule is Cn1nc(N)cc1C(=O)Oc1cccc(F)c1. The van der Waals surface area contributed by atoms with Crippen molar-refractivity contribution < 1.29 is 13.9 Å². The number of carbonyl (C=O) groups is 1. The average molecular weight is 235 g/mol. The van der Waals surface area contributed by atoms with Crippen LogP contribution >= 0.6 is 0 Å². The maximum absolute atomic E-state index is 12.9. The highest BCUT2D eigenvalue weighted by molar-refractivity contribution is 5.90. The quantitative estimate of drug-likeness (QED) is 0.630. The zero-order valence-electron chi connectivity index (χ0n) is 9.05. The first-order valence-electron chi connectivity index (χ1n) is 4.83. The number of halogens is 1. The number of nitrogen functional groups attached to an aromatic ring is 1. The van der Waals surface area contributed by atoms with E-state index in [1.54, 1.807) is 7.05 Å². The molecule has 88 valence electrons. The molecule has 0 aliphatic rings. The van der Waals surface area contributed by atoms with Gasteiger partial charge in [-0.1, -0.05) is 6.07 Å². The van der Waals surface area contributed by atoms with Crippen LogP contribution in [0.25, 0.3) is 0 Å². The highest BCUT2D eigenvalue weighted by atomic mass is 19.1. The number of carbonyl (C=O) groups excluding carboxylic acids is 1. The van der Waals surface area contributed by atoms with Crippen LogP contribution in [-0.2, 0) is 7.05 Å². The Labute approximate surface area is 96.6 Å². The first-order chi connectivity index (χ1) is 8.06. The summed E-state index contributed by atoms with van der Waals surface area (Å²) in [6.45, 7) is 0. The molecule has 0 bridgehead atoms. The Morgan fingerprint density at radius 2 is 2.24 bits per heavy atom. The summed E-state index contributed by atoms with van der Waals surface area (Å²) in [6.07, 6.45) is 0. The molecule has 0 aliphatic carbocycles. The fourth-order valence-electron chi connectivity index (χ4n) is 1.37. The van der Waals surface area contributed by atoms with Crippen molar-refractivity contribution >= 4 is 11.8 Å². The summed E-state index contributed by atoms with van der Waals surface area (Å²) in [5, 5.41) is 3.81. The lowest BCUT2D eigenvalue weighted by atomic mass is 10.3. The Balaban J connectivity index is 2.20.